The zero-order chi connectivity index (χ0) is 14.1. The van der Waals surface area contributed by atoms with Gasteiger partial charge in [0.05, 0.1) is 6.61 Å². The molecule has 1 rings (SSSR count). The first-order chi connectivity index (χ1) is 9.26. The summed E-state index contributed by atoms with van der Waals surface area (Å²) in [4.78, 5) is 0. The van der Waals surface area contributed by atoms with E-state index in [0.29, 0.717) is 6.04 Å². The average molecular weight is 263 g/mol. The van der Waals surface area contributed by atoms with Crippen molar-refractivity contribution in [3.63, 3.8) is 0 Å². The third-order valence-corrected chi connectivity index (χ3v) is 3.77. The van der Waals surface area contributed by atoms with Gasteiger partial charge in [0.2, 0.25) is 0 Å². The predicted octanol–water partition coefficient (Wildman–Crippen LogP) is 4.56. The second kappa shape index (κ2) is 8.98. The van der Waals surface area contributed by atoms with E-state index in [1.165, 1.54) is 24.8 Å². The van der Waals surface area contributed by atoms with E-state index in [4.69, 9.17) is 4.74 Å². The molecule has 0 saturated heterocycles. The first-order valence-electron chi connectivity index (χ1n) is 7.71. The van der Waals surface area contributed by atoms with Crippen LogP contribution in [0.2, 0.25) is 0 Å². The Morgan fingerprint density at radius 2 is 1.74 bits per heavy atom. The molecule has 1 unspecified atom stereocenters. The minimum Gasteiger partial charge on any atom is -0.494 e. The van der Waals surface area contributed by atoms with Crippen molar-refractivity contribution in [2.24, 2.45) is 5.92 Å². The second-order valence-corrected chi connectivity index (χ2v) is 5.00. The number of ether oxygens (including phenoxy) is 1. The van der Waals surface area contributed by atoms with Crippen LogP contribution in [0.15, 0.2) is 24.3 Å². The molecule has 1 aromatic carbocycles. The van der Waals surface area contributed by atoms with Gasteiger partial charge in [-0.05, 0) is 31.9 Å². The summed E-state index contributed by atoms with van der Waals surface area (Å²) in [5.74, 6) is 1.81. The summed E-state index contributed by atoms with van der Waals surface area (Å²) in [7, 11) is 0. The quantitative estimate of drug-likeness (QED) is 0.705. The van der Waals surface area contributed by atoms with Gasteiger partial charge in [-0.15, -0.1) is 0 Å². The Morgan fingerprint density at radius 1 is 1.05 bits per heavy atom. The summed E-state index contributed by atoms with van der Waals surface area (Å²) < 4.78 is 5.77. The number of hydrogen-bond acceptors (Lipinski definition) is 2. The zero-order valence-electron chi connectivity index (χ0n) is 12.9. The van der Waals surface area contributed by atoms with Crippen LogP contribution in [0, 0.1) is 5.92 Å². The molecule has 1 atom stereocenters. The summed E-state index contributed by atoms with van der Waals surface area (Å²) in [6.45, 7) is 10.5. The number of hydrogen-bond donors (Lipinski definition) is 1. The topological polar surface area (TPSA) is 21.3 Å². The average Bonchev–Trinajstić information content (AvgIpc) is 2.44. The van der Waals surface area contributed by atoms with Gasteiger partial charge in [-0.25, -0.2) is 0 Å². The van der Waals surface area contributed by atoms with Gasteiger partial charge in [0.15, 0.2) is 0 Å². The molecule has 0 amide bonds. The van der Waals surface area contributed by atoms with Gasteiger partial charge in [0.1, 0.15) is 5.75 Å². The number of rotatable bonds is 9. The van der Waals surface area contributed by atoms with Crippen LogP contribution < -0.4 is 10.1 Å². The number of benzene rings is 1. The van der Waals surface area contributed by atoms with Crippen molar-refractivity contribution in [2.45, 2.75) is 53.0 Å². The molecule has 108 valence electrons. The van der Waals surface area contributed by atoms with Crippen molar-refractivity contribution in [1.29, 1.82) is 0 Å². The normalized spacial score (nSPS) is 12.7. The lowest BCUT2D eigenvalue weighted by Gasteiger charge is -2.25. The maximum absolute atomic E-state index is 5.77. The van der Waals surface area contributed by atoms with Crippen molar-refractivity contribution in [1.82, 2.24) is 5.32 Å². The molecule has 1 N–H and O–H groups in total. The summed E-state index contributed by atoms with van der Waals surface area (Å²) in [6.07, 6.45) is 3.68. The highest BCUT2D eigenvalue weighted by Crippen LogP contribution is 2.31. The Morgan fingerprint density at radius 3 is 2.32 bits per heavy atom. The van der Waals surface area contributed by atoms with Crippen molar-refractivity contribution >= 4 is 0 Å². The van der Waals surface area contributed by atoms with E-state index >= 15 is 0 Å². The van der Waals surface area contributed by atoms with Gasteiger partial charge < -0.3 is 10.1 Å². The monoisotopic (exact) mass is 263 g/mol. The van der Waals surface area contributed by atoms with Crippen LogP contribution >= 0.6 is 0 Å². The van der Waals surface area contributed by atoms with Crippen LogP contribution in [-0.4, -0.2) is 13.2 Å². The maximum Gasteiger partial charge on any atom is 0.124 e. The number of nitrogens with one attached hydrogen (secondary N) is 1. The Bertz CT molecular complexity index is 347. The third-order valence-electron chi connectivity index (χ3n) is 3.77. The van der Waals surface area contributed by atoms with Crippen molar-refractivity contribution < 1.29 is 4.74 Å². The van der Waals surface area contributed by atoms with Gasteiger partial charge in [-0.1, -0.05) is 51.8 Å². The molecule has 2 heteroatoms. The molecule has 0 fully saturated rings. The molecule has 0 bridgehead atoms. The lowest BCUT2D eigenvalue weighted by atomic mass is 9.90. The first-order valence-corrected chi connectivity index (χ1v) is 7.71. The van der Waals surface area contributed by atoms with Crippen LogP contribution in [0.5, 0.6) is 5.75 Å². The molecule has 0 aliphatic heterocycles. The highest BCUT2D eigenvalue weighted by molar-refractivity contribution is 5.36. The standard InChI is InChI=1S/C17H29NO/c1-5-14(6-2)13-16(18-7-3)15-11-9-10-12-17(15)19-8-4/h9-12,14,16,18H,5-8,13H2,1-4H3. The summed E-state index contributed by atoms with van der Waals surface area (Å²) >= 11 is 0. The minimum absolute atomic E-state index is 0.401. The van der Waals surface area contributed by atoms with E-state index in [1.807, 2.05) is 6.92 Å². The fourth-order valence-corrected chi connectivity index (χ4v) is 2.58. The van der Waals surface area contributed by atoms with E-state index in [-0.39, 0.29) is 0 Å². The molecular formula is C17H29NO. The number of para-hydroxylation sites is 1. The Hall–Kier alpha value is -1.02. The molecule has 0 aliphatic carbocycles. The molecule has 0 spiro atoms. The molecule has 0 aromatic heterocycles. The molecule has 2 nitrogen and oxygen atoms in total. The largest absolute Gasteiger partial charge is 0.494 e. The highest BCUT2D eigenvalue weighted by atomic mass is 16.5. The van der Waals surface area contributed by atoms with Crippen LogP contribution in [0.3, 0.4) is 0 Å². The fourth-order valence-electron chi connectivity index (χ4n) is 2.58. The Labute approximate surface area is 118 Å². The molecular weight excluding hydrogens is 234 g/mol. The van der Waals surface area contributed by atoms with Gasteiger partial charge in [0, 0.05) is 11.6 Å². The van der Waals surface area contributed by atoms with E-state index < -0.39 is 0 Å². The van der Waals surface area contributed by atoms with Gasteiger partial charge in [-0.3, -0.25) is 0 Å². The van der Waals surface area contributed by atoms with Gasteiger partial charge in [0.25, 0.3) is 0 Å². The van der Waals surface area contributed by atoms with Crippen molar-refractivity contribution in [3.05, 3.63) is 29.8 Å². The summed E-state index contributed by atoms with van der Waals surface area (Å²) in [5, 5.41) is 3.62. The molecule has 19 heavy (non-hydrogen) atoms. The molecule has 0 saturated carbocycles. The zero-order valence-corrected chi connectivity index (χ0v) is 12.9. The van der Waals surface area contributed by atoms with Crippen LogP contribution in [-0.2, 0) is 0 Å². The third kappa shape index (κ3) is 4.87. The molecule has 0 heterocycles. The van der Waals surface area contributed by atoms with Gasteiger partial charge in [-0.2, -0.15) is 0 Å². The second-order valence-electron chi connectivity index (χ2n) is 5.00. The Balaban J connectivity index is 2.90. The lowest BCUT2D eigenvalue weighted by Crippen LogP contribution is -2.24. The maximum atomic E-state index is 5.77. The fraction of sp³-hybridized carbons (Fsp3) is 0.647. The minimum atomic E-state index is 0.401. The van der Waals surface area contributed by atoms with E-state index in [2.05, 4.69) is 50.4 Å². The van der Waals surface area contributed by atoms with E-state index in [9.17, 15) is 0 Å². The van der Waals surface area contributed by atoms with Crippen LogP contribution in [0.4, 0.5) is 0 Å². The lowest BCUT2D eigenvalue weighted by molar-refractivity contribution is 0.320. The first kappa shape index (κ1) is 16.0. The van der Waals surface area contributed by atoms with Crippen LogP contribution in [0.25, 0.3) is 0 Å². The van der Waals surface area contributed by atoms with Crippen LogP contribution in [0.1, 0.15) is 58.6 Å². The molecule has 0 aliphatic rings. The SMILES string of the molecule is CCNC(CC(CC)CC)c1ccccc1OCC. The van der Waals surface area contributed by atoms with Crippen molar-refractivity contribution in [3.8, 4) is 5.75 Å². The van der Waals surface area contributed by atoms with E-state index in [0.717, 1.165) is 24.8 Å². The van der Waals surface area contributed by atoms with E-state index in [1.54, 1.807) is 0 Å². The summed E-state index contributed by atoms with van der Waals surface area (Å²) in [5.41, 5.74) is 1.30. The summed E-state index contributed by atoms with van der Waals surface area (Å²) in [6, 6.07) is 8.83. The highest BCUT2D eigenvalue weighted by Gasteiger charge is 2.18. The molecule has 1 aromatic rings. The Kier molecular flexibility index (Phi) is 7.57. The van der Waals surface area contributed by atoms with Crippen molar-refractivity contribution in [2.75, 3.05) is 13.2 Å². The molecule has 0 radical (unpaired) electrons. The predicted molar refractivity (Wildman–Crippen MR) is 82.7 cm³/mol. The van der Waals surface area contributed by atoms with Gasteiger partial charge >= 0.3 is 0 Å². The smallest absolute Gasteiger partial charge is 0.124 e.